The minimum absolute atomic E-state index is 0.152. The largest absolute Gasteiger partial charge is 0.205 e. The van der Waals surface area contributed by atoms with Gasteiger partial charge >= 0.3 is 0 Å². The van der Waals surface area contributed by atoms with Crippen LogP contribution in [0.25, 0.3) is 0 Å². The van der Waals surface area contributed by atoms with Crippen molar-refractivity contribution in [3.8, 4) is 6.07 Å². The monoisotopic (exact) mass is 415 g/mol. The molecule has 0 N–H and O–H groups in total. The normalized spacial score (nSPS) is 19.5. The average Bonchev–Trinajstić information content (AvgIpc) is 2.80. The lowest BCUT2D eigenvalue weighted by atomic mass is 9.76. The van der Waals surface area contributed by atoms with E-state index in [1.165, 1.54) is 28.8 Å². The van der Waals surface area contributed by atoms with E-state index in [0.29, 0.717) is 17.4 Å². The van der Waals surface area contributed by atoms with Crippen LogP contribution in [0.2, 0.25) is 0 Å². The van der Waals surface area contributed by atoms with Crippen LogP contribution in [-0.2, 0) is 6.42 Å². The van der Waals surface area contributed by atoms with E-state index in [0.717, 1.165) is 32.1 Å². The molecule has 0 aromatic heterocycles. The van der Waals surface area contributed by atoms with Crippen LogP contribution in [-0.4, -0.2) is 0 Å². The number of benzene rings is 3. The highest BCUT2D eigenvalue weighted by Crippen LogP contribution is 2.41. The Morgan fingerprint density at radius 2 is 1.39 bits per heavy atom. The molecule has 1 aliphatic rings. The van der Waals surface area contributed by atoms with Crippen molar-refractivity contribution in [2.24, 2.45) is 0 Å². The Morgan fingerprint density at radius 3 is 1.94 bits per heavy atom. The van der Waals surface area contributed by atoms with Gasteiger partial charge in [0.25, 0.3) is 0 Å². The first kappa shape index (κ1) is 21.2. The van der Waals surface area contributed by atoms with E-state index in [9.17, 15) is 8.78 Å². The van der Waals surface area contributed by atoms with Gasteiger partial charge in [0.05, 0.1) is 0 Å². The molecule has 0 radical (unpaired) electrons. The van der Waals surface area contributed by atoms with Gasteiger partial charge in [-0.1, -0.05) is 61.5 Å². The average molecular weight is 416 g/mol. The number of hydrogen-bond donors (Lipinski definition) is 0. The Morgan fingerprint density at radius 1 is 0.839 bits per heavy atom. The van der Waals surface area contributed by atoms with E-state index in [1.54, 1.807) is 6.07 Å². The summed E-state index contributed by atoms with van der Waals surface area (Å²) in [5.41, 5.74) is 4.25. The Kier molecular flexibility index (Phi) is 6.47. The van der Waals surface area contributed by atoms with Crippen molar-refractivity contribution in [1.82, 2.24) is 0 Å². The summed E-state index contributed by atoms with van der Waals surface area (Å²) in [5, 5.41) is 8.86. The molecule has 3 aromatic rings. The van der Waals surface area contributed by atoms with Crippen molar-refractivity contribution in [3.63, 3.8) is 0 Å². The Bertz CT molecular complexity index is 1040. The second-order valence-corrected chi connectivity index (χ2v) is 8.78. The standard InChI is InChI=1S/C28H27F2N/c1-19(21-5-3-2-4-6-21)15-20-7-9-22(10-8-20)23-11-13-24(14-12-23)25-16-27(29)26(18-31)28(30)17-25/h2-10,16-17,19,23-24H,11-15H2,1H3/t19-,23?,24?/m0/s1. The third-order valence-corrected chi connectivity index (χ3v) is 6.74. The van der Waals surface area contributed by atoms with Gasteiger partial charge in [0.2, 0.25) is 0 Å². The van der Waals surface area contributed by atoms with E-state index in [-0.39, 0.29) is 5.92 Å². The van der Waals surface area contributed by atoms with Crippen LogP contribution in [0.3, 0.4) is 0 Å². The molecule has 0 saturated heterocycles. The van der Waals surface area contributed by atoms with Crippen molar-refractivity contribution in [2.75, 3.05) is 0 Å². The molecule has 158 valence electrons. The molecule has 3 heteroatoms. The lowest BCUT2D eigenvalue weighted by Crippen LogP contribution is -2.13. The molecule has 31 heavy (non-hydrogen) atoms. The van der Waals surface area contributed by atoms with Crippen LogP contribution in [0.1, 0.15) is 78.2 Å². The quantitative estimate of drug-likeness (QED) is 0.420. The smallest absolute Gasteiger partial charge is 0.144 e. The van der Waals surface area contributed by atoms with Crippen LogP contribution in [0.15, 0.2) is 66.7 Å². The highest BCUT2D eigenvalue weighted by Gasteiger charge is 2.25. The topological polar surface area (TPSA) is 23.8 Å². The van der Waals surface area contributed by atoms with Gasteiger partial charge in [0.15, 0.2) is 0 Å². The van der Waals surface area contributed by atoms with E-state index >= 15 is 0 Å². The van der Waals surface area contributed by atoms with Gasteiger partial charge in [-0.2, -0.15) is 5.26 Å². The van der Waals surface area contributed by atoms with E-state index < -0.39 is 17.2 Å². The molecule has 1 atom stereocenters. The van der Waals surface area contributed by atoms with Gasteiger partial charge in [-0.3, -0.25) is 0 Å². The molecule has 1 aliphatic carbocycles. The molecule has 4 rings (SSSR count). The van der Waals surface area contributed by atoms with E-state index in [1.807, 2.05) is 6.07 Å². The summed E-state index contributed by atoms with van der Waals surface area (Å²) in [6.45, 7) is 2.26. The molecule has 0 heterocycles. The number of halogens is 2. The van der Waals surface area contributed by atoms with E-state index in [4.69, 9.17) is 5.26 Å². The SMILES string of the molecule is C[C@@H](Cc1ccc(C2CCC(c3cc(F)c(C#N)c(F)c3)CC2)cc1)c1ccccc1. The highest BCUT2D eigenvalue weighted by molar-refractivity contribution is 5.37. The number of rotatable bonds is 5. The summed E-state index contributed by atoms with van der Waals surface area (Å²) >= 11 is 0. The third-order valence-electron chi connectivity index (χ3n) is 6.74. The van der Waals surface area contributed by atoms with Crippen LogP contribution in [0.4, 0.5) is 8.78 Å². The predicted octanol–water partition coefficient (Wildman–Crippen LogP) is 7.62. The molecule has 0 spiro atoms. The Balaban J connectivity index is 1.36. The fourth-order valence-electron chi connectivity index (χ4n) is 4.87. The van der Waals surface area contributed by atoms with Crippen molar-refractivity contribution in [1.29, 1.82) is 5.26 Å². The maximum Gasteiger partial charge on any atom is 0.144 e. The lowest BCUT2D eigenvalue weighted by molar-refractivity contribution is 0.394. The first-order valence-corrected chi connectivity index (χ1v) is 11.1. The summed E-state index contributed by atoms with van der Waals surface area (Å²) in [5.74, 6) is -0.375. The molecule has 1 saturated carbocycles. The maximum absolute atomic E-state index is 14.0. The zero-order chi connectivity index (χ0) is 21.8. The van der Waals surface area contributed by atoms with Gasteiger partial charge < -0.3 is 0 Å². The van der Waals surface area contributed by atoms with Gasteiger partial charge in [-0.05, 0) is 84.2 Å². The molecule has 0 bridgehead atoms. The number of nitriles is 1. The molecule has 0 unspecified atom stereocenters. The van der Waals surface area contributed by atoms with Gasteiger partial charge in [0, 0.05) is 0 Å². The molecule has 0 amide bonds. The Hall–Kier alpha value is -2.99. The zero-order valence-electron chi connectivity index (χ0n) is 17.8. The van der Waals surface area contributed by atoms with Crippen molar-refractivity contribution in [2.45, 2.75) is 56.8 Å². The summed E-state index contributed by atoms with van der Waals surface area (Å²) in [7, 11) is 0. The van der Waals surface area contributed by atoms with Crippen LogP contribution < -0.4 is 0 Å². The molecule has 1 fully saturated rings. The summed E-state index contributed by atoms with van der Waals surface area (Å²) in [6.07, 6.45) is 4.85. The van der Waals surface area contributed by atoms with E-state index in [2.05, 4.69) is 55.5 Å². The van der Waals surface area contributed by atoms with Crippen molar-refractivity contribution >= 4 is 0 Å². The molecule has 3 aromatic carbocycles. The van der Waals surface area contributed by atoms with Gasteiger partial charge in [0.1, 0.15) is 23.3 Å². The fourth-order valence-corrected chi connectivity index (χ4v) is 4.87. The van der Waals surface area contributed by atoms with Crippen LogP contribution >= 0.6 is 0 Å². The first-order valence-electron chi connectivity index (χ1n) is 11.1. The lowest BCUT2D eigenvalue weighted by Gasteiger charge is -2.29. The van der Waals surface area contributed by atoms with Crippen molar-refractivity contribution in [3.05, 3.63) is 106 Å². The number of hydrogen-bond acceptors (Lipinski definition) is 1. The van der Waals surface area contributed by atoms with Gasteiger partial charge in [-0.15, -0.1) is 0 Å². The molecule has 0 aliphatic heterocycles. The number of nitrogens with zero attached hydrogens (tertiary/aromatic N) is 1. The molecular weight excluding hydrogens is 388 g/mol. The van der Waals surface area contributed by atoms with Gasteiger partial charge in [-0.25, -0.2) is 8.78 Å². The molecular formula is C28H27F2N. The summed E-state index contributed by atoms with van der Waals surface area (Å²) < 4.78 is 28.0. The maximum atomic E-state index is 14.0. The summed E-state index contributed by atoms with van der Waals surface area (Å²) in [4.78, 5) is 0. The minimum Gasteiger partial charge on any atom is -0.205 e. The molecule has 1 nitrogen and oxygen atoms in total. The summed E-state index contributed by atoms with van der Waals surface area (Å²) in [6, 6.07) is 23.9. The third kappa shape index (κ3) is 4.85. The highest BCUT2D eigenvalue weighted by atomic mass is 19.1. The first-order chi connectivity index (χ1) is 15.0. The van der Waals surface area contributed by atoms with Crippen LogP contribution in [0, 0.1) is 23.0 Å². The van der Waals surface area contributed by atoms with Crippen LogP contribution in [0.5, 0.6) is 0 Å². The fraction of sp³-hybridized carbons (Fsp3) is 0.321. The second kappa shape index (κ2) is 9.43. The second-order valence-electron chi connectivity index (χ2n) is 8.78. The van der Waals surface area contributed by atoms with Crippen molar-refractivity contribution < 1.29 is 8.78 Å². The zero-order valence-corrected chi connectivity index (χ0v) is 17.8. The predicted molar refractivity (Wildman–Crippen MR) is 120 cm³/mol. The minimum atomic E-state index is -0.750. The Labute approximate surface area is 183 Å².